The van der Waals surface area contributed by atoms with Gasteiger partial charge in [-0.2, -0.15) is 0 Å². The van der Waals surface area contributed by atoms with Crippen LogP contribution in [0.25, 0.3) is 0 Å². The molecular formula is C19H23NOS. The summed E-state index contributed by atoms with van der Waals surface area (Å²) in [4.78, 5) is 13.8. The third kappa shape index (κ3) is 3.58. The number of carbonyl (C=O) groups is 1. The Morgan fingerprint density at radius 1 is 1.14 bits per heavy atom. The molecule has 0 aliphatic heterocycles. The van der Waals surface area contributed by atoms with E-state index in [0.717, 1.165) is 18.4 Å². The summed E-state index contributed by atoms with van der Waals surface area (Å²) in [6.07, 6.45) is 5.72. The zero-order valence-corrected chi connectivity index (χ0v) is 13.9. The van der Waals surface area contributed by atoms with Gasteiger partial charge in [0.05, 0.1) is 6.04 Å². The average molecular weight is 313 g/mol. The summed E-state index contributed by atoms with van der Waals surface area (Å²) in [6, 6.07) is 12.6. The molecule has 22 heavy (non-hydrogen) atoms. The molecule has 0 spiro atoms. The molecule has 1 fully saturated rings. The SMILES string of the molecule is Cc1ccc([C@@H](NC(=O)C2CCCCC2)c2cccs2)cc1. The van der Waals surface area contributed by atoms with Gasteiger partial charge in [0, 0.05) is 10.8 Å². The molecule has 1 amide bonds. The van der Waals surface area contributed by atoms with E-state index in [1.54, 1.807) is 11.3 Å². The van der Waals surface area contributed by atoms with Gasteiger partial charge in [-0.1, -0.05) is 55.2 Å². The molecule has 2 aromatic rings. The Labute approximate surface area is 136 Å². The van der Waals surface area contributed by atoms with Crippen molar-refractivity contribution >= 4 is 17.2 Å². The molecule has 0 bridgehead atoms. The van der Waals surface area contributed by atoms with Gasteiger partial charge in [0.15, 0.2) is 0 Å². The second-order valence-corrected chi connectivity index (χ2v) is 7.18. The van der Waals surface area contributed by atoms with Gasteiger partial charge in [-0.05, 0) is 36.8 Å². The molecule has 1 aromatic heterocycles. The molecule has 3 rings (SSSR count). The predicted molar refractivity (Wildman–Crippen MR) is 92.1 cm³/mol. The zero-order valence-electron chi connectivity index (χ0n) is 13.0. The molecule has 1 aromatic carbocycles. The molecule has 1 atom stereocenters. The summed E-state index contributed by atoms with van der Waals surface area (Å²) in [6.45, 7) is 2.09. The highest BCUT2D eigenvalue weighted by atomic mass is 32.1. The van der Waals surface area contributed by atoms with Crippen molar-refractivity contribution in [2.24, 2.45) is 5.92 Å². The number of aryl methyl sites for hydroxylation is 1. The standard InChI is InChI=1S/C19H23NOS/c1-14-9-11-15(12-10-14)18(17-8-5-13-22-17)20-19(21)16-6-3-2-4-7-16/h5,8-13,16,18H,2-4,6-7H2,1H3,(H,20,21)/t18-/m1/s1. The van der Waals surface area contributed by atoms with Crippen LogP contribution in [0.2, 0.25) is 0 Å². The summed E-state index contributed by atoms with van der Waals surface area (Å²) in [5.41, 5.74) is 2.41. The zero-order chi connectivity index (χ0) is 15.4. The smallest absolute Gasteiger partial charge is 0.223 e. The van der Waals surface area contributed by atoms with E-state index in [0.29, 0.717) is 0 Å². The van der Waals surface area contributed by atoms with Gasteiger partial charge in [0.1, 0.15) is 0 Å². The first-order valence-corrected chi connectivity index (χ1v) is 9.02. The first kappa shape index (κ1) is 15.3. The van der Waals surface area contributed by atoms with Gasteiger partial charge >= 0.3 is 0 Å². The van der Waals surface area contributed by atoms with E-state index in [9.17, 15) is 4.79 Å². The second kappa shape index (κ2) is 7.10. The van der Waals surface area contributed by atoms with Gasteiger partial charge in [-0.3, -0.25) is 4.79 Å². The third-order valence-corrected chi connectivity index (χ3v) is 5.44. The van der Waals surface area contributed by atoms with Crippen molar-refractivity contribution in [2.45, 2.75) is 45.1 Å². The van der Waals surface area contributed by atoms with Gasteiger partial charge in [-0.15, -0.1) is 11.3 Å². The Morgan fingerprint density at radius 2 is 1.86 bits per heavy atom. The molecule has 1 aliphatic carbocycles. The first-order valence-electron chi connectivity index (χ1n) is 8.14. The van der Waals surface area contributed by atoms with E-state index in [4.69, 9.17) is 0 Å². The van der Waals surface area contributed by atoms with Crippen LogP contribution < -0.4 is 5.32 Å². The summed E-state index contributed by atoms with van der Waals surface area (Å²) < 4.78 is 0. The van der Waals surface area contributed by atoms with E-state index in [2.05, 4.69) is 48.0 Å². The van der Waals surface area contributed by atoms with Crippen molar-refractivity contribution in [3.8, 4) is 0 Å². The number of hydrogen-bond donors (Lipinski definition) is 1. The monoisotopic (exact) mass is 313 g/mol. The lowest BCUT2D eigenvalue weighted by molar-refractivity contribution is -0.126. The summed E-state index contributed by atoms with van der Waals surface area (Å²) in [5.74, 6) is 0.417. The maximum absolute atomic E-state index is 12.6. The van der Waals surface area contributed by atoms with Crippen LogP contribution in [0.1, 0.15) is 54.1 Å². The van der Waals surface area contributed by atoms with Crippen molar-refractivity contribution < 1.29 is 4.79 Å². The van der Waals surface area contributed by atoms with Crippen LogP contribution in [0.15, 0.2) is 41.8 Å². The molecular weight excluding hydrogens is 290 g/mol. The molecule has 1 heterocycles. The molecule has 1 aliphatic rings. The van der Waals surface area contributed by atoms with E-state index in [1.807, 2.05) is 6.07 Å². The Morgan fingerprint density at radius 3 is 2.50 bits per heavy atom. The fraction of sp³-hybridized carbons (Fsp3) is 0.421. The van der Waals surface area contributed by atoms with Crippen LogP contribution >= 0.6 is 11.3 Å². The fourth-order valence-corrected chi connectivity index (χ4v) is 3.96. The van der Waals surface area contributed by atoms with Gasteiger partial charge in [0.25, 0.3) is 0 Å². The predicted octanol–water partition coefficient (Wildman–Crippen LogP) is 4.84. The molecule has 1 saturated carbocycles. The maximum atomic E-state index is 12.6. The minimum absolute atomic E-state index is 0.0185. The van der Waals surface area contributed by atoms with Crippen LogP contribution in [0.4, 0.5) is 0 Å². The molecule has 116 valence electrons. The quantitative estimate of drug-likeness (QED) is 0.859. The number of amides is 1. The number of thiophene rings is 1. The minimum atomic E-state index is -0.0185. The molecule has 1 N–H and O–H groups in total. The van der Waals surface area contributed by atoms with E-state index < -0.39 is 0 Å². The van der Waals surface area contributed by atoms with E-state index in [1.165, 1.54) is 29.7 Å². The van der Waals surface area contributed by atoms with Gasteiger partial charge in [-0.25, -0.2) is 0 Å². The van der Waals surface area contributed by atoms with Crippen LogP contribution in [0.5, 0.6) is 0 Å². The van der Waals surface area contributed by atoms with Crippen molar-refractivity contribution in [1.82, 2.24) is 5.32 Å². The Bertz CT molecular complexity index is 597. The lowest BCUT2D eigenvalue weighted by Gasteiger charge is -2.25. The molecule has 0 saturated heterocycles. The molecule has 0 radical (unpaired) electrons. The highest BCUT2D eigenvalue weighted by Crippen LogP contribution is 2.29. The number of benzene rings is 1. The van der Waals surface area contributed by atoms with Crippen molar-refractivity contribution in [2.75, 3.05) is 0 Å². The van der Waals surface area contributed by atoms with E-state index >= 15 is 0 Å². The summed E-state index contributed by atoms with van der Waals surface area (Å²) in [7, 11) is 0. The largest absolute Gasteiger partial charge is 0.344 e. The average Bonchev–Trinajstić information content (AvgIpc) is 3.08. The lowest BCUT2D eigenvalue weighted by atomic mass is 9.88. The molecule has 2 nitrogen and oxygen atoms in total. The Balaban J connectivity index is 1.79. The normalized spacial score (nSPS) is 17.1. The highest BCUT2D eigenvalue weighted by Gasteiger charge is 2.25. The van der Waals surface area contributed by atoms with Crippen LogP contribution in [0.3, 0.4) is 0 Å². The highest BCUT2D eigenvalue weighted by molar-refractivity contribution is 7.10. The molecule has 3 heteroatoms. The van der Waals surface area contributed by atoms with Crippen LogP contribution in [0, 0.1) is 12.8 Å². The number of rotatable bonds is 4. The number of hydrogen-bond acceptors (Lipinski definition) is 2. The third-order valence-electron chi connectivity index (χ3n) is 4.50. The topological polar surface area (TPSA) is 29.1 Å². The van der Waals surface area contributed by atoms with Crippen molar-refractivity contribution in [3.05, 3.63) is 57.8 Å². The summed E-state index contributed by atoms with van der Waals surface area (Å²) >= 11 is 1.70. The first-order chi connectivity index (χ1) is 10.7. The number of carbonyl (C=O) groups excluding carboxylic acids is 1. The Kier molecular flexibility index (Phi) is 4.94. The van der Waals surface area contributed by atoms with Crippen molar-refractivity contribution in [1.29, 1.82) is 0 Å². The van der Waals surface area contributed by atoms with Crippen molar-refractivity contribution in [3.63, 3.8) is 0 Å². The summed E-state index contributed by atoms with van der Waals surface area (Å²) in [5, 5.41) is 5.37. The van der Waals surface area contributed by atoms with Gasteiger partial charge in [0.2, 0.25) is 5.91 Å². The van der Waals surface area contributed by atoms with Crippen LogP contribution in [-0.2, 0) is 4.79 Å². The molecule has 0 unspecified atom stereocenters. The van der Waals surface area contributed by atoms with E-state index in [-0.39, 0.29) is 17.9 Å². The van der Waals surface area contributed by atoms with Crippen LogP contribution in [-0.4, -0.2) is 5.91 Å². The fourth-order valence-electron chi connectivity index (χ4n) is 3.16. The minimum Gasteiger partial charge on any atom is -0.344 e. The number of nitrogens with one attached hydrogen (secondary N) is 1. The Hall–Kier alpha value is -1.61. The second-order valence-electron chi connectivity index (χ2n) is 6.20. The lowest BCUT2D eigenvalue weighted by Crippen LogP contribution is -2.35. The maximum Gasteiger partial charge on any atom is 0.223 e. The van der Waals surface area contributed by atoms with Gasteiger partial charge < -0.3 is 5.32 Å².